The van der Waals surface area contributed by atoms with Gasteiger partial charge in [-0.2, -0.15) is 5.26 Å². The molecule has 0 fully saturated rings. The molecule has 0 aliphatic carbocycles. The lowest BCUT2D eigenvalue weighted by Gasteiger charge is -2.11. The predicted octanol–water partition coefficient (Wildman–Crippen LogP) is 4.04. The minimum absolute atomic E-state index is 0.187. The summed E-state index contributed by atoms with van der Waals surface area (Å²) < 4.78 is 0. The summed E-state index contributed by atoms with van der Waals surface area (Å²) in [4.78, 5) is 37.2. The van der Waals surface area contributed by atoms with E-state index in [9.17, 15) is 14.4 Å². The second kappa shape index (κ2) is 9.66. The zero-order valence-corrected chi connectivity index (χ0v) is 15.9. The van der Waals surface area contributed by atoms with Crippen LogP contribution in [0.2, 0.25) is 0 Å². The number of amides is 3. The second-order valence-electron chi connectivity index (χ2n) is 6.32. The number of carbonyl (C=O) groups is 3. The lowest BCUT2D eigenvalue weighted by Crippen LogP contribution is -2.18. The third-order valence-corrected chi connectivity index (χ3v) is 4.04. The Kier molecular flexibility index (Phi) is 6.54. The molecule has 3 amide bonds. The maximum absolute atomic E-state index is 12.7. The highest BCUT2D eigenvalue weighted by atomic mass is 16.2. The number of para-hydroxylation sites is 2. The van der Waals surface area contributed by atoms with Crippen molar-refractivity contribution in [2.24, 2.45) is 0 Å². The molecule has 3 N–H and O–H groups in total. The van der Waals surface area contributed by atoms with E-state index in [1.54, 1.807) is 54.6 Å². The zero-order chi connectivity index (χ0) is 21.3. The van der Waals surface area contributed by atoms with Gasteiger partial charge >= 0.3 is 0 Å². The molecule has 148 valence electrons. The van der Waals surface area contributed by atoms with Gasteiger partial charge in [0.1, 0.15) is 6.42 Å². The average Bonchev–Trinajstić information content (AvgIpc) is 2.75. The van der Waals surface area contributed by atoms with Gasteiger partial charge in [0.25, 0.3) is 11.8 Å². The Labute approximate surface area is 173 Å². The number of carbonyl (C=O) groups excluding carboxylic acids is 3. The van der Waals surface area contributed by atoms with Crippen LogP contribution >= 0.6 is 0 Å². The van der Waals surface area contributed by atoms with Crippen LogP contribution in [-0.2, 0) is 4.79 Å². The van der Waals surface area contributed by atoms with E-state index < -0.39 is 17.7 Å². The number of hydrogen-bond donors (Lipinski definition) is 3. The third kappa shape index (κ3) is 5.53. The van der Waals surface area contributed by atoms with Crippen LogP contribution in [0.25, 0.3) is 0 Å². The summed E-state index contributed by atoms with van der Waals surface area (Å²) in [6, 6.07) is 23.8. The standard InChI is InChI=1S/C23H18N4O3/c24-12-11-21(28)25-20-14-16(22(29)26-18-7-3-1-4-8-18)13-17(15-20)23(30)27-19-9-5-2-6-10-19/h1-10,13-15H,11H2,(H,25,28)(H,26,29)(H,27,30). The van der Waals surface area contributed by atoms with Gasteiger partial charge < -0.3 is 16.0 Å². The van der Waals surface area contributed by atoms with E-state index in [-0.39, 0.29) is 23.2 Å². The molecule has 0 unspecified atom stereocenters. The molecule has 0 spiro atoms. The highest BCUT2D eigenvalue weighted by molar-refractivity contribution is 6.10. The Bertz CT molecular complexity index is 1030. The lowest BCUT2D eigenvalue weighted by atomic mass is 10.1. The molecule has 3 aromatic carbocycles. The van der Waals surface area contributed by atoms with Crippen LogP contribution in [0.4, 0.5) is 17.1 Å². The van der Waals surface area contributed by atoms with E-state index in [2.05, 4.69) is 16.0 Å². The highest BCUT2D eigenvalue weighted by Gasteiger charge is 2.15. The van der Waals surface area contributed by atoms with Crippen LogP contribution in [0, 0.1) is 11.3 Å². The van der Waals surface area contributed by atoms with Gasteiger partial charge in [-0.05, 0) is 42.5 Å². The number of anilines is 3. The SMILES string of the molecule is N#CCC(=O)Nc1cc(C(=O)Nc2ccccc2)cc(C(=O)Nc2ccccc2)c1. The van der Waals surface area contributed by atoms with Gasteiger partial charge in [0.15, 0.2) is 0 Å². The molecule has 0 atom stereocenters. The van der Waals surface area contributed by atoms with Crippen molar-refractivity contribution in [1.29, 1.82) is 5.26 Å². The second-order valence-corrected chi connectivity index (χ2v) is 6.32. The van der Waals surface area contributed by atoms with E-state index in [1.165, 1.54) is 18.2 Å². The number of nitrogens with zero attached hydrogens (tertiary/aromatic N) is 1. The molecule has 0 saturated carbocycles. The minimum Gasteiger partial charge on any atom is -0.325 e. The van der Waals surface area contributed by atoms with Crippen molar-refractivity contribution >= 4 is 34.8 Å². The monoisotopic (exact) mass is 398 g/mol. The quantitative estimate of drug-likeness (QED) is 0.582. The first-order chi connectivity index (χ1) is 14.5. The Hall–Kier alpha value is -4.44. The average molecular weight is 398 g/mol. The molecule has 0 heterocycles. The largest absolute Gasteiger partial charge is 0.325 e. The first kappa shape index (κ1) is 20.3. The summed E-state index contributed by atoms with van der Waals surface area (Å²) in [7, 11) is 0. The summed E-state index contributed by atoms with van der Waals surface area (Å²) in [6.45, 7) is 0. The van der Waals surface area contributed by atoms with Crippen molar-refractivity contribution in [3.8, 4) is 6.07 Å². The number of nitrogens with one attached hydrogen (secondary N) is 3. The highest BCUT2D eigenvalue weighted by Crippen LogP contribution is 2.19. The molecule has 0 aromatic heterocycles. The number of benzene rings is 3. The molecule has 7 heteroatoms. The van der Waals surface area contributed by atoms with Crippen molar-refractivity contribution < 1.29 is 14.4 Å². The van der Waals surface area contributed by atoms with E-state index in [1.807, 2.05) is 12.1 Å². The summed E-state index contributed by atoms with van der Waals surface area (Å²) >= 11 is 0. The fourth-order valence-electron chi connectivity index (χ4n) is 2.69. The number of nitriles is 1. The minimum atomic E-state index is -0.535. The zero-order valence-electron chi connectivity index (χ0n) is 15.9. The van der Waals surface area contributed by atoms with Gasteiger partial charge in [0, 0.05) is 28.2 Å². The van der Waals surface area contributed by atoms with Gasteiger partial charge in [-0.25, -0.2) is 0 Å². The first-order valence-corrected chi connectivity index (χ1v) is 9.10. The summed E-state index contributed by atoms with van der Waals surface area (Å²) in [6.07, 6.45) is -0.341. The normalized spacial score (nSPS) is 9.83. The number of hydrogen-bond acceptors (Lipinski definition) is 4. The van der Waals surface area contributed by atoms with Crippen molar-refractivity contribution in [2.45, 2.75) is 6.42 Å². The Morgan fingerprint density at radius 1 is 0.667 bits per heavy atom. The Morgan fingerprint density at radius 2 is 1.13 bits per heavy atom. The molecule has 30 heavy (non-hydrogen) atoms. The van der Waals surface area contributed by atoms with Crippen LogP contribution in [0.1, 0.15) is 27.1 Å². The molecule has 0 radical (unpaired) electrons. The molecule has 3 rings (SSSR count). The van der Waals surface area contributed by atoms with E-state index in [4.69, 9.17) is 5.26 Å². The van der Waals surface area contributed by atoms with Crippen molar-refractivity contribution in [3.05, 3.63) is 90.0 Å². The van der Waals surface area contributed by atoms with E-state index in [0.29, 0.717) is 11.4 Å². The molecule has 0 bridgehead atoms. The van der Waals surface area contributed by atoms with Gasteiger partial charge in [-0.15, -0.1) is 0 Å². The maximum Gasteiger partial charge on any atom is 0.255 e. The third-order valence-electron chi connectivity index (χ3n) is 4.04. The van der Waals surface area contributed by atoms with Crippen LogP contribution < -0.4 is 16.0 Å². The lowest BCUT2D eigenvalue weighted by molar-refractivity contribution is -0.115. The molecule has 3 aromatic rings. The van der Waals surface area contributed by atoms with Crippen LogP contribution in [-0.4, -0.2) is 17.7 Å². The summed E-state index contributed by atoms with van der Waals surface area (Å²) in [5.41, 5.74) is 1.81. The van der Waals surface area contributed by atoms with Crippen molar-refractivity contribution in [1.82, 2.24) is 0 Å². The van der Waals surface area contributed by atoms with Gasteiger partial charge in [-0.3, -0.25) is 14.4 Å². The smallest absolute Gasteiger partial charge is 0.255 e. The Balaban J connectivity index is 1.89. The van der Waals surface area contributed by atoms with Crippen LogP contribution in [0.5, 0.6) is 0 Å². The molecule has 0 aliphatic rings. The fraction of sp³-hybridized carbons (Fsp3) is 0.0435. The molecule has 0 aliphatic heterocycles. The molecular weight excluding hydrogens is 380 g/mol. The van der Waals surface area contributed by atoms with E-state index >= 15 is 0 Å². The topological polar surface area (TPSA) is 111 Å². The van der Waals surface area contributed by atoms with Crippen LogP contribution in [0.15, 0.2) is 78.9 Å². The fourth-order valence-corrected chi connectivity index (χ4v) is 2.69. The summed E-state index contributed by atoms with van der Waals surface area (Å²) in [5, 5.41) is 16.7. The summed E-state index contributed by atoms with van der Waals surface area (Å²) in [5.74, 6) is -1.41. The molecule has 7 nitrogen and oxygen atoms in total. The van der Waals surface area contributed by atoms with Crippen molar-refractivity contribution in [2.75, 3.05) is 16.0 Å². The number of rotatable bonds is 6. The van der Waals surface area contributed by atoms with Gasteiger partial charge in [0.2, 0.25) is 5.91 Å². The van der Waals surface area contributed by atoms with Crippen LogP contribution in [0.3, 0.4) is 0 Å². The van der Waals surface area contributed by atoms with Gasteiger partial charge in [0.05, 0.1) is 6.07 Å². The first-order valence-electron chi connectivity index (χ1n) is 9.10. The molecule has 0 saturated heterocycles. The maximum atomic E-state index is 12.7. The molecular formula is C23H18N4O3. The van der Waals surface area contributed by atoms with Crippen molar-refractivity contribution in [3.63, 3.8) is 0 Å². The van der Waals surface area contributed by atoms with Gasteiger partial charge in [-0.1, -0.05) is 36.4 Å². The Morgan fingerprint density at radius 3 is 1.57 bits per heavy atom. The van der Waals surface area contributed by atoms with E-state index in [0.717, 1.165) is 0 Å². The predicted molar refractivity (Wildman–Crippen MR) is 114 cm³/mol.